The zero-order valence-corrected chi connectivity index (χ0v) is 9.69. The molecule has 3 rings (SSSR count). The first kappa shape index (κ1) is 9.83. The van der Waals surface area contributed by atoms with Gasteiger partial charge in [-0.1, -0.05) is 25.1 Å². The van der Waals surface area contributed by atoms with Crippen molar-refractivity contribution < 1.29 is 0 Å². The van der Waals surface area contributed by atoms with Gasteiger partial charge in [-0.25, -0.2) is 0 Å². The van der Waals surface area contributed by atoms with E-state index < -0.39 is 0 Å². The van der Waals surface area contributed by atoms with Gasteiger partial charge in [0.25, 0.3) is 0 Å². The van der Waals surface area contributed by atoms with Crippen molar-refractivity contribution in [3.63, 3.8) is 0 Å². The van der Waals surface area contributed by atoms with Crippen LogP contribution >= 0.6 is 0 Å². The van der Waals surface area contributed by atoms with Crippen LogP contribution < -0.4 is 0 Å². The van der Waals surface area contributed by atoms with E-state index in [9.17, 15) is 0 Å². The van der Waals surface area contributed by atoms with Crippen molar-refractivity contribution in [3.8, 4) is 0 Å². The highest BCUT2D eigenvalue weighted by Gasteiger charge is 2.53. The summed E-state index contributed by atoms with van der Waals surface area (Å²) in [6.07, 6.45) is 9.00. The average Bonchev–Trinajstić information content (AvgIpc) is 3.03. The van der Waals surface area contributed by atoms with Crippen molar-refractivity contribution in [1.82, 2.24) is 4.98 Å². The smallest absolute Gasteiger partial charge is 0.0661 e. The predicted molar refractivity (Wildman–Crippen MR) is 66.7 cm³/mol. The highest BCUT2D eigenvalue weighted by Crippen LogP contribution is 2.63. The van der Waals surface area contributed by atoms with Gasteiger partial charge in [-0.2, -0.15) is 0 Å². The van der Waals surface area contributed by atoms with Gasteiger partial charge < -0.3 is 0 Å². The first-order chi connectivity index (χ1) is 7.75. The Morgan fingerprint density at radius 3 is 3.00 bits per heavy atom. The van der Waals surface area contributed by atoms with Crippen molar-refractivity contribution in [3.05, 3.63) is 48.8 Å². The lowest BCUT2D eigenvalue weighted by molar-refractivity contribution is 0.468. The summed E-state index contributed by atoms with van der Waals surface area (Å²) in [5, 5.41) is 0. The van der Waals surface area contributed by atoms with Gasteiger partial charge in [0.05, 0.1) is 5.69 Å². The molecule has 0 spiro atoms. The lowest BCUT2D eigenvalue weighted by Crippen LogP contribution is -2.14. The van der Waals surface area contributed by atoms with Crippen molar-refractivity contribution in [2.75, 3.05) is 0 Å². The fourth-order valence-corrected chi connectivity index (χ4v) is 3.06. The zero-order valence-electron chi connectivity index (χ0n) is 9.69. The maximum absolute atomic E-state index is 4.46. The van der Waals surface area contributed by atoms with Gasteiger partial charge in [0, 0.05) is 6.20 Å². The summed E-state index contributed by atoms with van der Waals surface area (Å²) in [6, 6.07) is 6.16. The number of allylic oxidation sites excluding steroid dienone is 3. The Kier molecular flexibility index (Phi) is 2.03. The van der Waals surface area contributed by atoms with E-state index in [0.717, 1.165) is 11.6 Å². The molecule has 0 aromatic carbocycles. The number of hydrogen-bond acceptors (Lipinski definition) is 1. The molecule has 16 heavy (non-hydrogen) atoms. The molecule has 1 aromatic rings. The molecule has 1 fully saturated rings. The maximum atomic E-state index is 4.46. The summed E-state index contributed by atoms with van der Waals surface area (Å²) >= 11 is 0. The third-order valence-corrected chi connectivity index (χ3v) is 4.14. The second-order valence-electron chi connectivity index (χ2n) is 5.19. The van der Waals surface area contributed by atoms with E-state index in [1.165, 1.54) is 18.4 Å². The zero-order chi connectivity index (χ0) is 11.2. The Balaban J connectivity index is 1.96. The topological polar surface area (TPSA) is 12.9 Å². The van der Waals surface area contributed by atoms with E-state index in [4.69, 9.17) is 0 Å². The first-order valence-corrected chi connectivity index (χ1v) is 6.02. The molecule has 3 atom stereocenters. The molecule has 0 bridgehead atoms. The van der Waals surface area contributed by atoms with E-state index in [-0.39, 0.29) is 0 Å². The Morgan fingerprint density at radius 1 is 1.44 bits per heavy atom. The monoisotopic (exact) mass is 211 g/mol. The van der Waals surface area contributed by atoms with E-state index >= 15 is 0 Å². The fraction of sp³-hybridized carbons (Fsp3) is 0.400. The van der Waals surface area contributed by atoms with Gasteiger partial charge in [-0.3, -0.25) is 4.98 Å². The second-order valence-corrected chi connectivity index (χ2v) is 5.19. The molecule has 0 saturated heterocycles. The van der Waals surface area contributed by atoms with Crippen LogP contribution in [0.15, 0.2) is 43.1 Å². The minimum Gasteiger partial charge on any atom is -0.257 e. The van der Waals surface area contributed by atoms with Crippen molar-refractivity contribution in [2.45, 2.75) is 19.8 Å². The fourth-order valence-electron chi connectivity index (χ4n) is 3.06. The van der Waals surface area contributed by atoms with Gasteiger partial charge in [0.2, 0.25) is 0 Å². The molecule has 1 nitrogen and oxygen atoms in total. The molecule has 0 amide bonds. The van der Waals surface area contributed by atoms with Gasteiger partial charge >= 0.3 is 0 Å². The minimum atomic E-state index is 0.428. The second kappa shape index (κ2) is 3.31. The summed E-state index contributed by atoms with van der Waals surface area (Å²) in [6.45, 7) is 6.29. The Labute approximate surface area is 96.9 Å². The van der Waals surface area contributed by atoms with E-state index in [2.05, 4.69) is 42.8 Å². The molecule has 1 aromatic heterocycles. The number of fused-ring (bicyclic) bond motifs is 1. The lowest BCUT2D eigenvalue weighted by atomic mass is 9.80. The van der Waals surface area contributed by atoms with Gasteiger partial charge in [-0.15, -0.1) is 6.58 Å². The largest absolute Gasteiger partial charge is 0.257 e. The molecule has 2 aliphatic rings. The van der Waals surface area contributed by atoms with Crippen LogP contribution in [0.4, 0.5) is 0 Å². The van der Waals surface area contributed by atoms with E-state index in [1.807, 2.05) is 12.3 Å². The van der Waals surface area contributed by atoms with E-state index in [1.54, 1.807) is 0 Å². The van der Waals surface area contributed by atoms with Crippen LogP contribution in [-0.4, -0.2) is 4.98 Å². The Morgan fingerprint density at radius 2 is 2.31 bits per heavy atom. The van der Waals surface area contributed by atoms with Crippen molar-refractivity contribution >= 4 is 5.57 Å². The molecule has 1 heteroatoms. The van der Waals surface area contributed by atoms with Crippen LogP contribution in [0, 0.1) is 17.3 Å². The summed E-state index contributed by atoms with van der Waals surface area (Å²) in [5.41, 5.74) is 3.01. The molecule has 0 aliphatic heterocycles. The van der Waals surface area contributed by atoms with E-state index in [0.29, 0.717) is 11.3 Å². The molecule has 1 saturated carbocycles. The molecule has 2 aliphatic carbocycles. The van der Waals surface area contributed by atoms with Gasteiger partial charge in [0.1, 0.15) is 0 Å². The van der Waals surface area contributed by atoms with Crippen LogP contribution in [0.2, 0.25) is 0 Å². The number of hydrogen-bond donors (Lipinski definition) is 0. The normalized spacial score (nSPS) is 36.2. The molecule has 82 valence electrons. The van der Waals surface area contributed by atoms with Crippen LogP contribution in [-0.2, 0) is 0 Å². The third-order valence-electron chi connectivity index (χ3n) is 4.14. The summed E-state index contributed by atoms with van der Waals surface area (Å²) in [4.78, 5) is 4.46. The molecule has 3 unspecified atom stereocenters. The SMILES string of the molecule is C=CC12CC(C)C(c3ccccn3)=CC1C2. The third kappa shape index (κ3) is 1.35. The molecule has 0 radical (unpaired) electrons. The first-order valence-electron chi connectivity index (χ1n) is 6.02. The van der Waals surface area contributed by atoms with Crippen molar-refractivity contribution in [1.29, 1.82) is 0 Å². The minimum absolute atomic E-state index is 0.428. The predicted octanol–water partition coefficient (Wildman–Crippen LogP) is 3.70. The van der Waals surface area contributed by atoms with Gasteiger partial charge in [-0.05, 0) is 47.8 Å². The van der Waals surface area contributed by atoms with Crippen LogP contribution in [0.5, 0.6) is 0 Å². The Hall–Kier alpha value is -1.37. The molecular formula is C15H17N. The number of aromatic nitrogens is 1. The number of rotatable bonds is 2. The number of pyridine rings is 1. The number of nitrogens with zero attached hydrogens (tertiary/aromatic N) is 1. The Bertz CT molecular complexity index is 446. The molecule has 0 N–H and O–H groups in total. The molecule has 1 heterocycles. The van der Waals surface area contributed by atoms with Crippen LogP contribution in [0.1, 0.15) is 25.5 Å². The quantitative estimate of drug-likeness (QED) is 0.680. The standard InChI is InChI=1S/C15H17N/c1-3-15-9-11(2)13(8-12(15)10-15)14-6-4-5-7-16-14/h3-8,11-12H,1,9-10H2,2H3. The van der Waals surface area contributed by atoms with Crippen LogP contribution in [0.3, 0.4) is 0 Å². The maximum Gasteiger partial charge on any atom is 0.0661 e. The lowest BCUT2D eigenvalue weighted by Gasteiger charge is -2.25. The molecular weight excluding hydrogens is 194 g/mol. The summed E-state index contributed by atoms with van der Waals surface area (Å²) < 4.78 is 0. The average molecular weight is 211 g/mol. The summed E-state index contributed by atoms with van der Waals surface area (Å²) in [5.74, 6) is 1.32. The highest BCUT2D eigenvalue weighted by atomic mass is 14.7. The summed E-state index contributed by atoms with van der Waals surface area (Å²) in [7, 11) is 0. The van der Waals surface area contributed by atoms with Crippen molar-refractivity contribution in [2.24, 2.45) is 17.3 Å². The van der Waals surface area contributed by atoms with Crippen LogP contribution in [0.25, 0.3) is 5.57 Å². The highest BCUT2D eigenvalue weighted by molar-refractivity contribution is 5.67. The van der Waals surface area contributed by atoms with Gasteiger partial charge in [0.15, 0.2) is 0 Å².